The fourth-order valence-corrected chi connectivity index (χ4v) is 3.98. The maximum Gasteiger partial charge on any atom is 0.226 e. The molecule has 2 aliphatic rings. The van der Waals surface area contributed by atoms with E-state index in [2.05, 4.69) is 21.5 Å². The zero-order chi connectivity index (χ0) is 17.7. The van der Waals surface area contributed by atoms with Crippen LogP contribution in [0.15, 0.2) is 65.2 Å². The first-order chi connectivity index (χ1) is 12.7. The lowest BCUT2D eigenvalue weighted by Gasteiger charge is -2.37. The minimum Gasteiger partial charge on any atom is -0.469 e. The second-order valence-electron chi connectivity index (χ2n) is 6.54. The van der Waals surface area contributed by atoms with Gasteiger partial charge in [0.15, 0.2) is 0 Å². The summed E-state index contributed by atoms with van der Waals surface area (Å²) in [6, 6.07) is 11.0. The Morgan fingerprint density at radius 2 is 2.08 bits per heavy atom. The molecule has 0 saturated heterocycles. The normalized spacial score (nSPS) is 24.4. The Morgan fingerprint density at radius 1 is 1.23 bits per heavy atom. The summed E-state index contributed by atoms with van der Waals surface area (Å²) in [7, 11) is 0. The molecule has 1 aliphatic heterocycles. The Labute approximate surface area is 154 Å². The molecular formula is C19H15ClN4O2. The molecule has 7 heteroatoms. The van der Waals surface area contributed by atoms with E-state index in [0.717, 1.165) is 17.0 Å². The van der Waals surface area contributed by atoms with Crippen LogP contribution in [0, 0.1) is 5.92 Å². The van der Waals surface area contributed by atoms with Crippen LogP contribution in [0.4, 0.5) is 5.95 Å². The van der Waals surface area contributed by atoms with Crippen LogP contribution in [0.3, 0.4) is 0 Å². The second-order valence-corrected chi connectivity index (χ2v) is 6.98. The fourth-order valence-electron chi connectivity index (χ4n) is 3.85. The molecule has 0 saturated carbocycles. The van der Waals surface area contributed by atoms with Gasteiger partial charge >= 0.3 is 0 Å². The summed E-state index contributed by atoms with van der Waals surface area (Å²) in [6.45, 7) is 0. The van der Waals surface area contributed by atoms with E-state index in [-0.39, 0.29) is 23.7 Å². The molecule has 1 N–H and O–H groups in total. The van der Waals surface area contributed by atoms with Crippen molar-refractivity contribution < 1.29 is 9.21 Å². The van der Waals surface area contributed by atoms with Crippen molar-refractivity contribution in [2.24, 2.45) is 5.92 Å². The van der Waals surface area contributed by atoms with Crippen LogP contribution in [0.25, 0.3) is 0 Å². The molecule has 0 spiro atoms. The van der Waals surface area contributed by atoms with Crippen LogP contribution in [-0.4, -0.2) is 20.5 Å². The first-order valence-electron chi connectivity index (χ1n) is 8.40. The van der Waals surface area contributed by atoms with Crippen molar-refractivity contribution in [1.82, 2.24) is 14.8 Å². The summed E-state index contributed by atoms with van der Waals surface area (Å²) in [5.41, 5.74) is 1.83. The minimum absolute atomic E-state index is 0.0726. The number of rotatable bonds is 2. The van der Waals surface area contributed by atoms with Crippen molar-refractivity contribution in [2.45, 2.75) is 18.4 Å². The maximum atomic E-state index is 13.1. The summed E-state index contributed by atoms with van der Waals surface area (Å²) in [5, 5.41) is 8.28. The van der Waals surface area contributed by atoms with Gasteiger partial charge in [-0.25, -0.2) is 4.68 Å². The van der Waals surface area contributed by atoms with Crippen LogP contribution in [0.2, 0.25) is 5.02 Å². The van der Waals surface area contributed by atoms with Gasteiger partial charge in [0, 0.05) is 23.1 Å². The number of allylic oxidation sites excluding steroid dienone is 2. The van der Waals surface area contributed by atoms with E-state index in [1.54, 1.807) is 10.9 Å². The number of fused-ring (bicyclic) bond motifs is 2. The average Bonchev–Trinajstić information content (AvgIpc) is 3.32. The molecule has 0 unspecified atom stereocenters. The number of carbonyl (C=O) groups is 1. The molecule has 6 nitrogen and oxygen atoms in total. The predicted octanol–water partition coefficient (Wildman–Crippen LogP) is 3.80. The molecule has 3 heterocycles. The lowest BCUT2D eigenvalue weighted by molar-refractivity contribution is -0.123. The first kappa shape index (κ1) is 15.4. The summed E-state index contributed by atoms with van der Waals surface area (Å²) in [6.07, 6.45) is 5.60. The molecule has 0 bridgehead atoms. The number of carbonyl (C=O) groups excluding carboxylic acids is 1. The third-order valence-corrected chi connectivity index (χ3v) is 5.26. The molecule has 130 valence electrons. The third-order valence-electron chi connectivity index (χ3n) is 5.01. The quantitative estimate of drug-likeness (QED) is 0.746. The van der Waals surface area contributed by atoms with Gasteiger partial charge in [-0.3, -0.25) is 4.79 Å². The molecule has 1 aliphatic carbocycles. The van der Waals surface area contributed by atoms with Gasteiger partial charge in [0.1, 0.15) is 17.9 Å². The highest BCUT2D eigenvalue weighted by Crippen LogP contribution is 2.44. The molecule has 26 heavy (non-hydrogen) atoms. The summed E-state index contributed by atoms with van der Waals surface area (Å²) in [4.78, 5) is 17.4. The smallest absolute Gasteiger partial charge is 0.226 e. The van der Waals surface area contributed by atoms with Gasteiger partial charge in [0.25, 0.3) is 0 Å². The van der Waals surface area contributed by atoms with Crippen molar-refractivity contribution in [3.8, 4) is 0 Å². The zero-order valence-electron chi connectivity index (χ0n) is 13.7. The van der Waals surface area contributed by atoms with E-state index in [1.165, 1.54) is 6.33 Å². The Kier molecular flexibility index (Phi) is 3.46. The molecule has 1 aromatic carbocycles. The highest BCUT2D eigenvalue weighted by molar-refractivity contribution is 6.30. The summed E-state index contributed by atoms with van der Waals surface area (Å²) in [5.74, 6) is 1.16. The Hall–Kier alpha value is -2.86. The largest absolute Gasteiger partial charge is 0.469 e. The molecule has 2 aromatic heterocycles. The van der Waals surface area contributed by atoms with Crippen molar-refractivity contribution >= 4 is 23.3 Å². The van der Waals surface area contributed by atoms with E-state index in [9.17, 15) is 4.79 Å². The van der Waals surface area contributed by atoms with Crippen molar-refractivity contribution in [3.05, 3.63) is 77.1 Å². The lowest BCUT2D eigenvalue weighted by atomic mass is 9.77. The number of aromatic nitrogens is 3. The molecule has 3 aromatic rings. The van der Waals surface area contributed by atoms with E-state index in [4.69, 9.17) is 16.0 Å². The molecule has 0 radical (unpaired) electrons. The molecular weight excluding hydrogens is 352 g/mol. The third kappa shape index (κ3) is 2.37. The molecule has 5 rings (SSSR count). The summed E-state index contributed by atoms with van der Waals surface area (Å²) < 4.78 is 7.28. The molecule has 0 fully saturated rings. The standard InChI is InChI=1S/C19H15ClN4O2/c20-13-5-3-11(4-6-13)18-17-14(23-19-21-10-22-24(18)19)8-12(9-15(17)25)16-2-1-7-26-16/h1-8,10,12,17-18H,9H2,(H,21,22,23)/t12-,17+,18+/m0/s1. The van der Waals surface area contributed by atoms with Crippen molar-refractivity contribution in [3.63, 3.8) is 0 Å². The van der Waals surface area contributed by atoms with Crippen molar-refractivity contribution in [1.29, 1.82) is 0 Å². The van der Waals surface area contributed by atoms with E-state index >= 15 is 0 Å². The number of ketones is 1. The van der Waals surface area contributed by atoms with Crippen LogP contribution in [-0.2, 0) is 4.79 Å². The number of halogens is 1. The molecule has 0 amide bonds. The highest BCUT2D eigenvalue weighted by atomic mass is 35.5. The van der Waals surface area contributed by atoms with Gasteiger partial charge in [-0.2, -0.15) is 10.1 Å². The number of Topliss-reactive ketones (excluding diaryl/α,β-unsaturated/α-hetero) is 1. The van der Waals surface area contributed by atoms with Crippen LogP contribution < -0.4 is 5.32 Å². The minimum atomic E-state index is -0.336. The van der Waals surface area contributed by atoms with Crippen LogP contribution in [0.1, 0.15) is 29.7 Å². The van der Waals surface area contributed by atoms with Crippen LogP contribution in [0.5, 0.6) is 0 Å². The topological polar surface area (TPSA) is 73.0 Å². The number of nitrogens with zero attached hydrogens (tertiary/aromatic N) is 3. The zero-order valence-corrected chi connectivity index (χ0v) is 14.4. The van der Waals surface area contributed by atoms with Gasteiger partial charge < -0.3 is 9.73 Å². The van der Waals surface area contributed by atoms with Gasteiger partial charge in [0.05, 0.1) is 18.2 Å². The number of anilines is 1. The number of benzene rings is 1. The molecule has 3 atom stereocenters. The fraction of sp³-hybridized carbons (Fsp3) is 0.211. The Morgan fingerprint density at radius 3 is 2.85 bits per heavy atom. The Balaban J connectivity index is 1.63. The van der Waals surface area contributed by atoms with Gasteiger partial charge in [-0.15, -0.1) is 0 Å². The number of nitrogens with one attached hydrogen (secondary N) is 1. The van der Waals surface area contributed by atoms with Crippen molar-refractivity contribution in [2.75, 3.05) is 5.32 Å². The van der Waals surface area contributed by atoms with E-state index in [0.29, 0.717) is 17.4 Å². The number of furan rings is 1. The average molecular weight is 367 g/mol. The monoisotopic (exact) mass is 366 g/mol. The maximum absolute atomic E-state index is 13.1. The summed E-state index contributed by atoms with van der Waals surface area (Å²) >= 11 is 6.04. The first-order valence-corrected chi connectivity index (χ1v) is 8.78. The van der Waals surface area contributed by atoms with E-state index in [1.807, 2.05) is 36.4 Å². The Bertz CT molecular complexity index is 991. The van der Waals surface area contributed by atoms with E-state index < -0.39 is 0 Å². The second kappa shape index (κ2) is 5.85. The highest BCUT2D eigenvalue weighted by Gasteiger charge is 2.43. The number of hydrogen-bond acceptors (Lipinski definition) is 5. The number of hydrogen-bond donors (Lipinski definition) is 1. The van der Waals surface area contributed by atoms with Gasteiger partial charge in [0.2, 0.25) is 5.95 Å². The van der Waals surface area contributed by atoms with Gasteiger partial charge in [-0.1, -0.05) is 29.8 Å². The predicted molar refractivity (Wildman–Crippen MR) is 95.9 cm³/mol. The van der Waals surface area contributed by atoms with Gasteiger partial charge in [-0.05, 0) is 29.8 Å². The van der Waals surface area contributed by atoms with Crippen LogP contribution >= 0.6 is 11.6 Å². The SMILES string of the molecule is O=C1C[C@@H](c2ccco2)C=C2Nc3ncnn3[C@H](c3ccc(Cl)cc3)[C@@H]12. The lowest BCUT2D eigenvalue weighted by Crippen LogP contribution is -2.40.